The van der Waals surface area contributed by atoms with Gasteiger partial charge in [-0.25, -0.2) is 9.97 Å². The summed E-state index contributed by atoms with van der Waals surface area (Å²) >= 11 is 0. The van der Waals surface area contributed by atoms with Crippen molar-refractivity contribution in [3.8, 4) is 0 Å². The molecule has 1 aliphatic rings. The van der Waals surface area contributed by atoms with Crippen LogP contribution in [0.25, 0.3) is 0 Å². The van der Waals surface area contributed by atoms with E-state index in [0.717, 1.165) is 44.7 Å². The maximum Gasteiger partial charge on any atom is 0.274 e. The van der Waals surface area contributed by atoms with E-state index in [9.17, 15) is 4.79 Å². The zero-order valence-corrected chi connectivity index (χ0v) is 13.2. The number of aromatic nitrogens is 2. The first kappa shape index (κ1) is 15.7. The lowest BCUT2D eigenvalue weighted by Gasteiger charge is -2.34. The van der Waals surface area contributed by atoms with E-state index < -0.39 is 0 Å². The fourth-order valence-corrected chi connectivity index (χ4v) is 2.53. The van der Waals surface area contributed by atoms with Gasteiger partial charge in [0.05, 0.1) is 12.4 Å². The van der Waals surface area contributed by atoms with Gasteiger partial charge in [-0.2, -0.15) is 0 Å². The van der Waals surface area contributed by atoms with E-state index in [-0.39, 0.29) is 5.91 Å². The van der Waals surface area contributed by atoms with Crippen LogP contribution in [0.4, 0.5) is 5.82 Å². The molecule has 116 valence electrons. The number of hydrogen-bond acceptors (Lipinski definition) is 5. The number of anilines is 1. The number of nitrogens with one attached hydrogen (secondary N) is 1. The van der Waals surface area contributed by atoms with Crippen molar-refractivity contribution in [3.63, 3.8) is 0 Å². The van der Waals surface area contributed by atoms with E-state index in [1.807, 2.05) is 4.90 Å². The summed E-state index contributed by atoms with van der Waals surface area (Å²) in [6.45, 7) is 4.54. The summed E-state index contributed by atoms with van der Waals surface area (Å²) in [4.78, 5) is 25.0. The Kier molecular flexibility index (Phi) is 5.50. The van der Waals surface area contributed by atoms with Gasteiger partial charge in [0.1, 0.15) is 11.5 Å². The van der Waals surface area contributed by atoms with Crippen molar-refractivity contribution in [2.75, 3.05) is 39.0 Å². The summed E-state index contributed by atoms with van der Waals surface area (Å²) < 4.78 is 0. The molecule has 2 heterocycles. The molecule has 0 aromatic carbocycles. The number of hydrogen-bond donors (Lipinski definition) is 1. The van der Waals surface area contributed by atoms with Crippen molar-refractivity contribution in [2.24, 2.45) is 0 Å². The molecule has 0 atom stereocenters. The lowest BCUT2D eigenvalue weighted by atomic mass is 10.0. The number of carbonyl (C=O) groups is 1. The van der Waals surface area contributed by atoms with E-state index in [2.05, 4.69) is 41.2 Å². The second-order valence-electron chi connectivity index (χ2n) is 5.70. The van der Waals surface area contributed by atoms with Gasteiger partial charge < -0.3 is 15.1 Å². The van der Waals surface area contributed by atoms with Crippen LogP contribution in [0.3, 0.4) is 0 Å². The van der Waals surface area contributed by atoms with Crippen LogP contribution in [0.2, 0.25) is 0 Å². The summed E-state index contributed by atoms with van der Waals surface area (Å²) in [7, 11) is 4.19. The van der Waals surface area contributed by atoms with E-state index in [1.54, 1.807) is 12.4 Å². The largest absolute Gasteiger partial charge is 0.369 e. The van der Waals surface area contributed by atoms with E-state index in [0.29, 0.717) is 11.7 Å². The molecule has 1 N–H and O–H groups in total. The minimum absolute atomic E-state index is 0.0123. The molecular weight excluding hydrogens is 266 g/mol. The maximum absolute atomic E-state index is 12.4. The number of piperidine rings is 1. The van der Waals surface area contributed by atoms with Crippen LogP contribution in [0.1, 0.15) is 36.7 Å². The monoisotopic (exact) mass is 291 g/mol. The van der Waals surface area contributed by atoms with Gasteiger partial charge in [0.15, 0.2) is 0 Å². The molecule has 1 amide bonds. The molecule has 6 heteroatoms. The third kappa shape index (κ3) is 4.14. The SMILES string of the molecule is CCCNc1cnc(C(=O)N2CCC(N(C)C)CC2)cn1. The van der Waals surface area contributed by atoms with Gasteiger partial charge in [-0.3, -0.25) is 4.79 Å². The fourth-order valence-electron chi connectivity index (χ4n) is 2.53. The standard InChI is InChI=1S/C15H25N5O/c1-4-7-16-14-11-17-13(10-18-14)15(21)20-8-5-12(6-9-20)19(2)3/h10-12H,4-9H2,1-3H3,(H,16,18). The predicted octanol–water partition coefficient (Wildman–Crippen LogP) is 1.46. The van der Waals surface area contributed by atoms with Crippen LogP contribution in [0.15, 0.2) is 12.4 Å². The van der Waals surface area contributed by atoms with Crippen LogP contribution in [0, 0.1) is 0 Å². The zero-order valence-electron chi connectivity index (χ0n) is 13.2. The van der Waals surface area contributed by atoms with Crippen molar-refractivity contribution >= 4 is 11.7 Å². The lowest BCUT2D eigenvalue weighted by Crippen LogP contribution is -2.44. The minimum Gasteiger partial charge on any atom is -0.369 e. The molecule has 1 saturated heterocycles. The van der Waals surface area contributed by atoms with Gasteiger partial charge in [0.2, 0.25) is 0 Å². The summed E-state index contributed by atoms with van der Waals surface area (Å²) in [5.41, 5.74) is 0.431. The van der Waals surface area contributed by atoms with Crippen LogP contribution in [-0.4, -0.2) is 65.4 Å². The summed E-state index contributed by atoms with van der Waals surface area (Å²) in [6.07, 6.45) is 6.27. The molecule has 1 aliphatic heterocycles. The molecule has 0 aliphatic carbocycles. The predicted molar refractivity (Wildman–Crippen MR) is 83.4 cm³/mol. The van der Waals surface area contributed by atoms with Gasteiger partial charge in [0.25, 0.3) is 5.91 Å². The third-order valence-electron chi connectivity index (χ3n) is 3.91. The molecule has 0 saturated carbocycles. The van der Waals surface area contributed by atoms with Crippen LogP contribution in [-0.2, 0) is 0 Å². The molecule has 0 unspecified atom stereocenters. The molecule has 6 nitrogen and oxygen atoms in total. The third-order valence-corrected chi connectivity index (χ3v) is 3.91. The maximum atomic E-state index is 12.4. The van der Waals surface area contributed by atoms with Gasteiger partial charge >= 0.3 is 0 Å². The average Bonchev–Trinajstić information content (AvgIpc) is 2.53. The van der Waals surface area contributed by atoms with Crippen molar-refractivity contribution < 1.29 is 4.79 Å². The average molecular weight is 291 g/mol. The number of nitrogens with zero attached hydrogens (tertiary/aromatic N) is 4. The first-order valence-electron chi connectivity index (χ1n) is 7.63. The Morgan fingerprint density at radius 1 is 1.33 bits per heavy atom. The Labute approximate surface area is 126 Å². The highest BCUT2D eigenvalue weighted by Crippen LogP contribution is 2.16. The second kappa shape index (κ2) is 7.36. The molecule has 0 spiro atoms. The Hall–Kier alpha value is -1.69. The molecule has 21 heavy (non-hydrogen) atoms. The van der Waals surface area contributed by atoms with E-state index in [4.69, 9.17) is 0 Å². The first-order valence-corrected chi connectivity index (χ1v) is 7.63. The van der Waals surface area contributed by atoms with Crippen molar-refractivity contribution in [2.45, 2.75) is 32.2 Å². The number of amides is 1. The molecule has 1 fully saturated rings. The Morgan fingerprint density at radius 2 is 2.05 bits per heavy atom. The Bertz CT molecular complexity index is 452. The second-order valence-corrected chi connectivity index (χ2v) is 5.70. The van der Waals surface area contributed by atoms with E-state index >= 15 is 0 Å². The van der Waals surface area contributed by atoms with Gasteiger partial charge in [-0.1, -0.05) is 6.92 Å². The van der Waals surface area contributed by atoms with Gasteiger partial charge in [-0.05, 0) is 33.4 Å². The molecule has 1 aromatic rings. The van der Waals surface area contributed by atoms with Crippen LogP contribution >= 0.6 is 0 Å². The minimum atomic E-state index is -0.0123. The quantitative estimate of drug-likeness (QED) is 0.890. The highest BCUT2D eigenvalue weighted by atomic mass is 16.2. The first-order chi connectivity index (χ1) is 10.1. The van der Waals surface area contributed by atoms with Crippen molar-refractivity contribution in [3.05, 3.63) is 18.1 Å². The van der Waals surface area contributed by atoms with Gasteiger partial charge in [-0.15, -0.1) is 0 Å². The van der Waals surface area contributed by atoms with Crippen LogP contribution < -0.4 is 5.32 Å². The Balaban J connectivity index is 1.91. The Morgan fingerprint density at radius 3 is 2.57 bits per heavy atom. The van der Waals surface area contributed by atoms with Gasteiger partial charge in [0, 0.05) is 25.7 Å². The fraction of sp³-hybridized carbons (Fsp3) is 0.667. The molecule has 0 bridgehead atoms. The molecule has 1 aromatic heterocycles. The summed E-state index contributed by atoms with van der Waals surface area (Å²) in [6, 6.07) is 0.570. The zero-order chi connectivity index (χ0) is 15.2. The van der Waals surface area contributed by atoms with Crippen LogP contribution in [0.5, 0.6) is 0 Å². The van der Waals surface area contributed by atoms with E-state index in [1.165, 1.54) is 0 Å². The highest BCUT2D eigenvalue weighted by Gasteiger charge is 2.25. The smallest absolute Gasteiger partial charge is 0.274 e. The normalized spacial score (nSPS) is 16.3. The number of carbonyl (C=O) groups excluding carboxylic acids is 1. The van der Waals surface area contributed by atoms with Crippen molar-refractivity contribution in [1.29, 1.82) is 0 Å². The molecule has 0 radical (unpaired) electrons. The molecular formula is C15H25N5O. The summed E-state index contributed by atoms with van der Waals surface area (Å²) in [5, 5.41) is 3.15. The lowest BCUT2D eigenvalue weighted by molar-refractivity contribution is 0.0657. The summed E-state index contributed by atoms with van der Waals surface area (Å²) in [5.74, 6) is 0.710. The topological polar surface area (TPSA) is 61.4 Å². The van der Waals surface area contributed by atoms with Crippen molar-refractivity contribution in [1.82, 2.24) is 19.8 Å². The number of rotatable bonds is 5. The highest BCUT2D eigenvalue weighted by molar-refractivity contribution is 5.92. The number of likely N-dealkylation sites (tertiary alicyclic amines) is 1. The molecule has 2 rings (SSSR count).